The molecule has 1 heterocycles. The SMILES string of the molecule is Cc1cc2c(cc1C)OC(C(=O)NCCc1ccc(C(=O)O)cc1)C2. The predicted molar refractivity (Wildman–Crippen MR) is 94.2 cm³/mol. The van der Waals surface area contributed by atoms with Crippen LogP contribution in [-0.2, 0) is 17.6 Å². The van der Waals surface area contributed by atoms with Gasteiger partial charge in [0.05, 0.1) is 5.56 Å². The number of carbonyl (C=O) groups is 2. The Morgan fingerprint density at radius 2 is 1.84 bits per heavy atom. The highest BCUT2D eigenvalue weighted by Crippen LogP contribution is 2.31. The molecule has 0 fully saturated rings. The maximum Gasteiger partial charge on any atom is 0.335 e. The normalized spacial score (nSPS) is 15.4. The second-order valence-electron chi connectivity index (χ2n) is 6.40. The highest BCUT2D eigenvalue weighted by Gasteiger charge is 2.29. The summed E-state index contributed by atoms with van der Waals surface area (Å²) in [6.07, 6.45) is 0.754. The zero-order chi connectivity index (χ0) is 18.0. The average molecular weight is 339 g/mol. The minimum Gasteiger partial charge on any atom is -0.480 e. The van der Waals surface area contributed by atoms with Crippen LogP contribution in [0.25, 0.3) is 0 Å². The molecule has 0 spiro atoms. The van der Waals surface area contributed by atoms with Crippen molar-refractivity contribution in [3.05, 3.63) is 64.2 Å². The maximum atomic E-state index is 12.3. The number of amides is 1. The molecule has 130 valence electrons. The van der Waals surface area contributed by atoms with Gasteiger partial charge in [0.2, 0.25) is 0 Å². The fourth-order valence-electron chi connectivity index (χ4n) is 2.92. The summed E-state index contributed by atoms with van der Waals surface area (Å²) in [5, 5.41) is 11.8. The van der Waals surface area contributed by atoms with E-state index < -0.39 is 12.1 Å². The molecule has 0 aliphatic carbocycles. The molecule has 2 aromatic carbocycles. The maximum absolute atomic E-state index is 12.3. The zero-order valence-corrected chi connectivity index (χ0v) is 14.3. The van der Waals surface area contributed by atoms with E-state index in [1.807, 2.05) is 13.0 Å². The van der Waals surface area contributed by atoms with Crippen LogP contribution in [0.15, 0.2) is 36.4 Å². The van der Waals surface area contributed by atoms with Crippen LogP contribution in [-0.4, -0.2) is 29.6 Å². The van der Waals surface area contributed by atoms with Crippen molar-refractivity contribution >= 4 is 11.9 Å². The van der Waals surface area contributed by atoms with Crippen LogP contribution in [0.4, 0.5) is 0 Å². The number of rotatable bonds is 5. The number of benzene rings is 2. The third-order valence-corrected chi connectivity index (χ3v) is 4.56. The number of aryl methyl sites for hydroxylation is 2. The Morgan fingerprint density at radius 3 is 2.52 bits per heavy atom. The van der Waals surface area contributed by atoms with Crippen LogP contribution in [0.3, 0.4) is 0 Å². The Hall–Kier alpha value is -2.82. The zero-order valence-electron chi connectivity index (χ0n) is 14.3. The molecule has 1 aliphatic heterocycles. The van der Waals surface area contributed by atoms with Crippen molar-refractivity contribution in [2.45, 2.75) is 32.8 Å². The number of fused-ring (bicyclic) bond motifs is 1. The number of carboxylic acid groups (broad SMARTS) is 1. The highest BCUT2D eigenvalue weighted by atomic mass is 16.5. The van der Waals surface area contributed by atoms with Gasteiger partial charge in [-0.2, -0.15) is 0 Å². The molecule has 1 atom stereocenters. The minimum atomic E-state index is -0.941. The summed E-state index contributed by atoms with van der Waals surface area (Å²) in [7, 11) is 0. The van der Waals surface area contributed by atoms with E-state index in [2.05, 4.69) is 18.3 Å². The van der Waals surface area contributed by atoms with Gasteiger partial charge in [0, 0.05) is 13.0 Å². The number of hydrogen-bond donors (Lipinski definition) is 2. The Bertz CT molecular complexity index is 780. The lowest BCUT2D eigenvalue weighted by molar-refractivity contribution is -0.127. The molecular weight excluding hydrogens is 318 g/mol. The minimum absolute atomic E-state index is 0.117. The molecule has 0 bridgehead atoms. The number of carboxylic acids is 1. The van der Waals surface area contributed by atoms with E-state index in [0.29, 0.717) is 19.4 Å². The first-order valence-electron chi connectivity index (χ1n) is 8.31. The summed E-state index contributed by atoms with van der Waals surface area (Å²) in [6, 6.07) is 10.7. The highest BCUT2D eigenvalue weighted by molar-refractivity contribution is 5.87. The van der Waals surface area contributed by atoms with Gasteiger partial charge in [0.25, 0.3) is 5.91 Å². The molecule has 5 nitrogen and oxygen atoms in total. The van der Waals surface area contributed by atoms with Crippen molar-refractivity contribution < 1.29 is 19.4 Å². The fraction of sp³-hybridized carbons (Fsp3) is 0.300. The molecule has 0 aromatic heterocycles. The van der Waals surface area contributed by atoms with Crippen molar-refractivity contribution in [1.82, 2.24) is 5.32 Å². The van der Waals surface area contributed by atoms with Gasteiger partial charge in [-0.15, -0.1) is 0 Å². The van der Waals surface area contributed by atoms with Gasteiger partial charge in [-0.1, -0.05) is 18.2 Å². The summed E-state index contributed by atoms with van der Waals surface area (Å²) in [5.74, 6) is -0.260. The van der Waals surface area contributed by atoms with Gasteiger partial charge in [-0.25, -0.2) is 4.79 Å². The molecule has 2 aromatic rings. The van der Waals surface area contributed by atoms with Crippen molar-refractivity contribution in [2.24, 2.45) is 0 Å². The molecule has 3 rings (SSSR count). The van der Waals surface area contributed by atoms with Crippen LogP contribution in [0.2, 0.25) is 0 Å². The Labute approximate surface area is 146 Å². The monoisotopic (exact) mass is 339 g/mol. The lowest BCUT2D eigenvalue weighted by Gasteiger charge is -2.11. The average Bonchev–Trinajstić information content (AvgIpc) is 2.98. The van der Waals surface area contributed by atoms with Crippen molar-refractivity contribution in [3.8, 4) is 5.75 Å². The molecule has 1 amide bonds. The first-order valence-corrected chi connectivity index (χ1v) is 8.31. The van der Waals surface area contributed by atoms with E-state index >= 15 is 0 Å². The fourth-order valence-corrected chi connectivity index (χ4v) is 2.92. The second-order valence-corrected chi connectivity index (χ2v) is 6.40. The number of carbonyl (C=O) groups excluding carboxylic acids is 1. The molecule has 25 heavy (non-hydrogen) atoms. The summed E-state index contributed by atoms with van der Waals surface area (Å²) in [5.41, 5.74) is 4.67. The topological polar surface area (TPSA) is 75.6 Å². The third kappa shape index (κ3) is 3.82. The van der Waals surface area contributed by atoms with Gasteiger partial charge in [-0.3, -0.25) is 4.79 Å². The van der Waals surface area contributed by atoms with E-state index in [1.54, 1.807) is 24.3 Å². The van der Waals surface area contributed by atoms with Crippen LogP contribution in [0.1, 0.15) is 32.6 Å². The van der Waals surface area contributed by atoms with Crippen LogP contribution in [0.5, 0.6) is 5.75 Å². The second kappa shape index (κ2) is 6.97. The summed E-state index contributed by atoms with van der Waals surface area (Å²) >= 11 is 0. The quantitative estimate of drug-likeness (QED) is 0.878. The molecule has 5 heteroatoms. The molecule has 2 N–H and O–H groups in total. The number of nitrogens with one attached hydrogen (secondary N) is 1. The smallest absolute Gasteiger partial charge is 0.335 e. The van der Waals surface area contributed by atoms with Crippen molar-refractivity contribution in [2.75, 3.05) is 6.54 Å². The first-order chi connectivity index (χ1) is 11.9. The third-order valence-electron chi connectivity index (χ3n) is 4.56. The molecule has 1 unspecified atom stereocenters. The number of ether oxygens (including phenoxy) is 1. The number of hydrogen-bond acceptors (Lipinski definition) is 3. The van der Waals surface area contributed by atoms with Crippen LogP contribution < -0.4 is 10.1 Å². The van der Waals surface area contributed by atoms with Gasteiger partial charge >= 0.3 is 5.97 Å². The lowest BCUT2D eigenvalue weighted by Crippen LogP contribution is -2.38. The molecule has 0 saturated heterocycles. The predicted octanol–water partition coefficient (Wildman–Crippen LogP) is 2.66. The van der Waals surface area contributed by atoms with E-state index in [0.717, 1.165) is 22.4 Å². The van der Waals surface area contributed by atoms with E-state index in [-0.39, 0.29) is 11.5 Å². The van der Waals surface area contributed by atoms with Gasteiger partial charge < -0.3 is 15.2 Å². The molecule has 0 saturated carbocycles. The number of aromatic carboxylic acids is 1. The van der Waals surface area contributed by atoms with Gasteiger partial charge in [-0.05, 0) is 60.7 Å². The van der Waals surface area contributed by atoms with Crippen molar-refractivity contribution in [1.29, 1.82) is 0 Å². The van der Waals surface area contributed by atoms with E-state index in [1.165, 1.54) is 5.56 Å². The van der Waals surface area contributed by atoms with Crippen LogP contribution >= 0.6 is 0 Å². The van der Waals surface area contributed by atoms with Crippen molar-refractivity contribution in [3.63, 3.8) is 0 Å². The Kier molecular flexibility index (Phi) is 4.74. The first kappa shape index (κ1) is 17.0. The Balaban J connectivity index is 1.51. The summed E-state index contributed by atoms with van der Waals surface area (Å²) < 4.78 is 5.77. The molecule has 1 aliphatic rings. The lowest BCUT2D eigenvalue weighted by atomic mass is 10.0. The van der Waals surface area contributed by atoms with Gasteiger partial charge in [0.1, 0.15) is 5.75 Å². The van der Waals surface area contributed by atoms with E-state index in [9.17, 15) is 9.59 Å². The van der Waals surface area contributed by atoms with E-state index in [4.69, 9.17) is 9.84 Å². The molecular formula is C20H21NO4. The Morgan fingerprint density at radius 1 is 1.16 bits per heavy atom. The summed E-state index contributed by atoms with van der Waals surface area (Å²) in [6.45, 7) is 4.57. The summed E-state index contributed by atoms with van der Waals surface area (Å²) in [4.78, 5) is 23.1. The van der Waals surface area contributed by atoms with Gasteiger partial charge in [0.15, 0.2) is 6.10 Å². The molecule has 0 radical (unpaired) electrons. The largest absolute Gasteiger partial charge is 0.480 e. The standard InChI is InChI=1S/C20H21NO4/c1-12-9-16-11-18(25-17(16)10-13(12)2)19(22)21-8-7-14-3-5-15(6-4-14)20(23)24/h3-6,9-10,18H,7-8,11H2,1-2H3,(H,21,22)(H,23,24). The van der Waals surface area contributed by atoms with Crippen LogP contribution in [0, 0.1) is 13.8 Å².